The maximum absolute atomic E-state index is 5.81. The second-order valence-corrected chi connectivity index (χ2v) is 5.49. The van der Waals surface area contributed by atoms with E-state index in [1.54, 1.807) is 6.07 Å². The lowest BCUT2D eigenvalue weighted by atomic mass is 10.1. The second kappa shape index (κ2) is 5.53. The molecule has 5 heteroatoms. The molecule has 5 nitrogen and oxygen atoms in total. The van der Waals surface area contributed by atoms with Crippen molar-refractivity contribution in [3.8, 4) is 5.75 Å². The minimum Gasteiger partial charge on any atom is -0.482 e. The Hall–Kier alpha value is -2.04. The number of benzene rings is 1. The first kappa shape index (κ1) is 13.0. The largest absolute Gasteiger partial charge is 0.482 e. The lowest BCUT2D eigenvalue weighted by Gasteiger charge is -2.05. The average Bonchev–Trinajstić information content (AvgIpc) is 3.06. The molecule has 1 fully saturated rings. The van der Waals surface area contributed by atoms with Crippen LogP contribution in [0.5, 0.6) is 5.75 Å². The molecule has 1 aromatic heterocycles. The summed E-state index contributed by atoms with van der Waals surface area (Å²) in [5.41, 5.74) is 6.42. The summed E-state index contributed by atoms with van der Waals surface area (Å²) in [6.07, 6.45) is 3.53. The van der Waals surface area contributed by atoms with Gasteiger partial charge >= 0.3 is 0 Å². The molecule has 3 rings (SSSR count). The van der Waals surface area contributed by atoms with Crippen LogP contribution in [0.1, 0.15) is 43.8 Å². The summed E-state index contributed by atoms with van der Waals surface area (Å²) in [5.74, 6) is 3.14. The first-order valence-corrected chi connectivity index (χ1v) is 7.02. The van der Waals surface area contributed by atoms with Crippen molar-refractivity contribution in [1.82, 2.24) is 10.1 Å². The van der Waals surface area contributed by atoms with E-state index in [-0.39, 0.29) is 6.61 Å². The van der Waals surface area contributed by atoms with Gasteiger partial charge < -0.3 is 15.0 Å². The van der Waals surface area contributed by atoms with E-state index >= 15 is 0 Å². The predicted molar refractivity (Wildman–Crippen MR) is 75.2 cm³/mol. The monoisotopic (exact) mass is 273 g/mol. The van der Waals surface area contributed by atoms with Crippen molar-refractivity contribution in [3.63, 3.8) is 0 Å². The third-order valence-corrected chi connectivity index (χ3v) is 3.81. The number of nitrogens with two attached hydrogens (primary N) is 1. The van der Waals surface area contributed by atoms with Crippen LogP contribution in [-0.2, 0) is 6.61 Å². The number of nitrogen functional groups attached to an aromatic ring is 1. The van der Waals surface area contributed by atoms with Crippen molar-refractivity contribution in [2.24, 2.45) is 5.92 Å². The molecule has 1 heterocycles. The summed E-state index contributed by atoms with van der Waals surface area (Å²) in [5, 5.41) is 4.07. The van der Waals surface area contributed by atoms with Crippen LogP contribution < -0.4 is 10.5 Å². The molecule has 2 N–H and O–H groups in total. The van der Waals surface area contributed by atoms with Gasteiger partial charge in [-0.1, -0.05) is 24.2 Å². The Bertz CT molecular complexity index is 582. The maximum Gasteiger partial charge on any atom is 0.264 e. The van der Waals surface area contributed by atoms with Crippen LogP contribution in [0.15, 0.2) is 28.8 Å². The fourth-order valence-electron chi connectivity index (χ4n) is 2.69. The number of hydrogen-bond donors (Lipinski definition) is 1. The molecule has 2 atom stereocenters. The van der Waals surface area contributed by atoms with Crippen LogP contribution in [0, 0.1) is 5.92 Å². The lowest BCUT2D eigenvalue weighted by molar-refractivity contribution is 0.243. The molecular formula is C15H19N3O2. The standard InChI is InChI=1S/C15H19N3O2/c1-10-6-7-11(8-10)15-17-14(20-18-15)9-19-13-5-3-2-4-12(13)16/h2-5,10-11H,6-9,16H2,1H3. The Morgan fingerprint density at radius 1 is 1.35 bits per heavy atom. The second-order valence-electron chi connectivity index (χ2n) is 5.49. The molecule has 0 aliphatic heterocycles. The van der Waals surface area contributed by atoms with Crippen LogP contribution in [0.4, 0.5) is 5.69 Å². The zero-order valence-corrected chi connectivity index (χ0v) is 11.6. The molecule has 20 heavy (non-hydrogen) atoms. The van der Waals surface area contributed by atoms with Crippen molar-refractivity contribution in [2.45, 2.75) is 38.7 Å². The molecule has 1 saturated carbocycles. The Labute approximate surface area is 118 Å². The highest BCUT2D eigenvalue weighted by molar-refractivity contribution is 5.51. The topological polar surface area (TPSA) is 74.2 Å². The van der Waals surface area contributed by atoms with Gasteiger partial charge in [-0.3, -0.25) is 0 Å². The summed E-state index contributed by atoms with van der Waals surface area (Å²) < 4.78 is 10.8. The minimum atomic E-state index is 0.253. The highest BCUT2D eigenvalue weighted by Crippen LogP contribution is 2.36. The van der Waals surface area contributed by atoms with Crippen LogP contribution in [-0.4, -0.2) is 10.1 Å². The molecule has 0 spiro atoms. The van der Waals surface area contributed by atoms with E-state index in [1.807, 2.05) is 18.2 Å². The summed E-state index contributed by atoms with van der Waals surface area (Å²) in [6.45, 7) is 2.52. The van der Waals surface area contributed by atoms with Crippen molar-refractivity contribution in [1.29, 1.82) is 0 Å². The summed E-state index contributed by atoms with van der Waals surface area (Å²) >= 11 is 0. The van der Waals surface area contributed by atoms with Gasteiger partial charge in [0, 0.05) is 5.92 Å². The Morgan fingerprint density at radius 2 is 2.20 bits per heavy atom. The van der Waals surface area contributed by atoms with Gasteiger partial charge in [-0.15, -0.1) is 0 Å². The molecule has 106 valence electrons. The van der Waals surface area contributed by atoms with Gasteiger partial charge in [0.25, 0.3) is 5.89 Å². The fourth-order valence-corrected chi connectivity index (χ4v) is 2.69. The van der Waals surface area contributed by atoms with Crippen LogP contribution in [0.25, 0.3) is 0 Å². The van der Waals surface area contributed by atoms with Gasteiger partial charge in [0.1, 0.15) is 5.75 Å². The van der Waals surface area contributed by atoms with E-state index in [0.717, 1.165) is 24.6 Å². The van der Waals surface area contributed by atoms with E-state index in [4.69, 9.17) is 15.0 Å². The van der Waals surface area contributed by atoms with E-state index in [1.165, 1.54) is 6.42 Å². The zero-order chi connectivity index (χ0) is 13.9. The third kappa shape index (κ3) is 2.76. The van der Waals surface area contributed by atoms with Crippen molar-refractivity contribution in [3.05, 3.63) is 36.0 Å². The quantitative estimate of drug-likeness (QED) is 0.866. The summed E-state index contributed by atoms with van der Waals surface area (Å²) in [6, 6.07) is 7.37. The molecule has 0 amide bonds. The first-order valence-electron chi connectivity index (χ1n) is 7.02. The zero-order valence-electron chi connectivity index (χ0n) is 11.6. The van der Waals surface area contributed by atoms with Crippen molar-refractivity contribution >= 4 is 5.69 Å². The SMILES string of the molecule is CC1CCC(c2noc(COc3ccccc3N)n2)C1. The first-order chi connectivity index (χ1) is 9.72. The summed E-state index contributed by atoms with van der Waals surface area (Å²) in [7, 11) is 0. The van der Waals surface area contributed by atoms with Crippen LogP contribution in [0.2, 0.25) is 0 Å². The normalized spacial score (nSPS) is 22.1. The Balaban J connectivity index is 1.62. The van der Waals surface area contributed by atoms with E-state index in [2.05, 4.69) is 17.1 Å². The van der Waals surface area contributed by atoms with Crippen molar-refractivity contribution < 1.29 is 9.26 Å². The molecule has 0 radical (unpaired) electrons. The minimum absolute atomic E-state index is 0.253. The van der Waals surface area contributed by atoms with Gasteiger partial charge in [-0.05, 0) is 37.3 Å². The predicted octanol–water partition coefficient (Wildman–Crippen LogP) is 3.13. The van der Waals surface area contributed by atoms with E-state index < -0.39 is 0 Å². The third-order valence-electron chi connectivity index (χ3n) is 3.81. The smallest absolute Gasteiger partial charge is 0.264 e. The number of rotatable bonds is 4. The van der Waals surface area contributed by atoms with Gasteiger partial charge in [0.2, 0.25) is 0 Å². The number of nitrogens with zero attached hydrogens (tertiary/aromatic N) is 2. The highest BCUT2D eigenvalue weighted by atomic mass is 16.5. The molecule has 1 aliphatic rings. The number of ether oxygens (including phenoxy) is 1. The molecular weight excluding hydrogens is 254 g/mol. The molecule has 0 bridgehead atoms. The van der Waals surface area contributed by atoms with Gasteiger partial charge in [0.15, 0.2) is 12.4 Å². The van der Waals surface area contributed by atoms with Gasteiger partial charge in [-0.2, -0.15) is 4.98 Å². The number of hydrogen-bond acceptors (Lipinski definition) is 5. The fraction of sp³-hybridized carbons (Fsp3) is 0.467. The average molecular weight is 273 g/mol. The molecule has 2 unspecified atom stereocenters. The van der Waals surface area contributed by atoms with E-state index in [9.17, 15) is 0 Å². The number of anilines is 1. The maximum atomic E-state index is 5.81. The Morgan fingerprint density at radius 3 is 2.95 bits per heavy atom. The molecule has 1 aromatic carbocycles. The number of aromatic nitrogens is 2. The number of para-hydroxylation sites is 2. The van der Waals surface area contributed by atoms with E-state index in [0.29, 0.717) is 23.2 Å². The highest BCUT2D eigenvalue weighted by Gasteiger charge is 2.26. The summed E-state index contributed by atoms with van der Waals surface area (Å²) in [4.78, 5) is 4.43. The van der Waals surface area contributed by atoms with Gasteiger partial charge in [0.05, 0.1) is 5.69 Å². The van der Waals surface area contributed by atoms with Crippen LogP contribution in [0.3, 0.4) is 0 Å². The lowest BCUT2D eigenvalue weighted by Crippen LogP contribution is -2.00. The molecule has 2 aromatic rings. The molecule has 1 aliphatic carbocycles. The Kier molecular flexibility index (Phi) is 3.58. The van der Waals surface area contributed by atoms with Gasteiger partial charge in [-0.25, -0.2) is 0 Å². The van der Waals surface area contributed by atoms with Crippen LogP contribution >= 0.6 is 0 Å². The van der Waals surface area contributed by atoms with Crippen molar-refractivity contribution in [2.75, 3.05) is 5.73 Å². The molecule has 0 saturated heterocycles.